The lowest BCUT2D eigenvalue weighted by Crippen LogP contribution is -2.41. The number of likely N-dealkylation sites (tertiary alicyclic amines) is 1. The highest BCUT2D eigenvalue weighted by atomic mass is 35.5. The quantitative estimate of drug-likeness (QED) is 0.554. The molecule has 0 bridgehead atoms. The lowest BCUT2D eigenvalue weighted by atomic mass is 10.1. The molecule has 2 N–H and O–H groups in total. The Morgan fingerprint density at radius 1 is 1.60 bits per heavy atom. The number of carbonyl (C=O) groups excluding carboxylic acids is 1. The van der Waals surface area contributed by atoms with Gasteiger partial charge in [-0.3, -0.25) is 4.79 Å². The molecular weight excluding hydrogens is 152 g/mol. The van der Waals surface area contributed by atoms with Gasteiger partial charge in [0.05, 0.1) is 0 Å². The smallest absolute Gasteiger partial charge is 0.209 e. The molecule has 3 nitrogen and oxygen atoms in total. The van der Waals surface area contributed by atoms with Gasteiger partial charge in [0.15, 0.2) is 0 Å². The van der Waals surface area contributed by atoms with Crippen LogP contribution in [0.1, 0.15) is 12.8 Å². The summed E-state index contributed by atoms with van der Waals surface area (Å²) in [7, 11) is 0. The third-order valence-electron chi connectivity index (χ3n) is 1.64. The molecule has 60 valence electrons. The molecule has 0 aromatic rings. The van der Waals surface area contributed by atoms with Gasteiger partial charge in [-0.1, -0.05) is 0 Å². The Hall–Kier alpha value is -0.280. The molecule has 0 saturated carbocycles. The molecule has 1 unspecified atom stereocenters. The second-order valence-electron chi connectivity index (χ2n) is 2.50. The van der Waals surface area contributed by atoms with Crippen LogP contribution in [0.4, 0.5) is 0 Å². The van der Waals surface area contributed by atoms with Crippen molar-refractivity contribution in [3.63, 3.8) is 0 Å². The van der Waals surface area contributed by atoms with E-state index in [9.17, 15) is 4.79 Å². The zero-order valence-electron chi connectivity index (χ0n) is 5.82. The van der Waals surface area contributed by atoms with Crippen molar-refractivity contribution < 1.29 is 4.79 Å². The van der Waals surface area contributed by atoms with E-state index in [2.05, 4.69) is 0 Å². The van der Waals surface area contributed by atoms with Gasteiger partial charge >= 0.3 is 0 Å². The number of halogens is 1. The van der Waals surface area contributed by atoms with Crippen LogP contribution >= 0.6 is 12.4 Å². The minimum absolute atomic E-state index is 0. The third-order valence-corrected chi connectivity index (χ3v) is 1.64. The maximum atomic E-state index is 10.2. The molecule has 0 radical (unpaired) electrons. The van der Waals surface area contributed by atoms with Gasteiger partial charge in [0.2, 0.25) is 6.41 Å². The van der Waals surface area contributed by atoms with E-state index in [1.807, 2.05) is 0 Å². The topological polar surface area (TPSA) is 46.3 Å². The highest BCUT2D eigenvalue weighted by molar-refractivity contribution is 5.85. The maximum absolute atomic E-state index is 10.2. The molecule has 1 amide bonds. The molecule has 1 rings (SSSR count). The number of carbonyl (C=O) groups is 1. The Morgan fingerprint density at radius 2 is 2.30 bits per heavy atom. The second-order valence-corrected chi connectivity index (χ2v) is 2.50. The fourth-order valence-corrected chi connectivity index (χ4v) is 1.14. The fraction of sp³-hybridized carbons (Fsp3) is 0.833. The van der Waals surface area contributed by atoms with E-state index in [4.69, 9.17) is 5.73 Å². The molecule has 1 heterocycles. The number of amides is 1. The van der Waals surface area contributed by atoms with Crippen LogP contribution in [-0.2, 0) is 4.79 Å². The number of hydrogen-bond acceptors (Lipinski definition) is 2. The largest absolute Gasteiger partial charge is 0.344 e. The molecule has 0 aromatic carbocycles. The SMILES string of the molecule is Cl.NC1CCCN(C=O)C1. The van der Waals surface area contributed by atoms with E-state index < -0.39 is 0 Å². The van der Waals surface area contributed by atoms with Crippen LogP contribution in [0, 0.1) is 0 Å². The summed E-state index contributed by atoms with van der Waals surface area (Å²) in [5.41, 5.74) is 5.60. The van der Waals surface area contributed by atoms with Gasteiger partial charge in [-0.25, -0.2) is 0 Å². The zero-order valence-corrected chi connectivity index (χ0v) is 6.64. The summed E-state index contributed by atoms with van der Waals surface area (Å²) in [6.45, 7) is 1.63. The number of hydrogen-bond donors (Lipinski definition) is 1. The van der Waals surface area contributed by atoms with Crippen LogP contribution in [0.25, 0.3) is 0 Å². The summed E-state index contributed by atoms with van der Waals surface area (Å²) in [6.07, 6.45) is 2.99. The lowest BCUT2D eigenvalue weighted by molar-refractivity contribution is -0.119. The summed E-state index contributed by atoms with van der Waals surface area (Å²) in [5.74, 6) is 0. The van der Waals surface area contributed by atoms with Crippen molar-refractivity contribution in [3.8, 4) is 0 Å². The standard InChI is InChI=1S/C6H12N2O.ClH/c7-6-2-1-3-8(4-6)5-9;/h5-6H,1-4,7H2;1H. The van der Waals surface area contributed by atoms with Gasteiger partial charge in [0.25, 0.3) is 0 Å². The number of nitrogens with two attached hydrogens (primary N) is 1. The first kappa shape index (κ1) is 9.72. The molecule has 1 saturated heterocycles. The predicted molar refractivity (Wildman–Crippen MR) is 42.1 cm³/mol. The van der Waals surface area contributed by atoms with Gasteiger partial charge in [-0.05, 0) is 12.8 Å². The average molecular weight is 165 g/mol. The first-order valence-electron chi connectivity index (χ1n) is 3.28. The highest BCUT2D eigenvalue weighted by Crippen LogP contribution is 2.04. The Kier molecular flexibility index (Phi) is 4.40. The molecular formula is C6H13ClN2O. The molecule has 4 heteroatoms. The monoisotopic (exact) mass is 164 g/mol. The summed E-state index contributed by atoms with van der Waals surface area (Å²) < 4.78 is 0. The van der Waals surface area contributed by atoms with E-state index in [0.29, 0.717) is 0 Å². The highest BCUT2D eigenvalue weighted by Gasteiger charge is 2.13. The minimum Gasteiger partial charge on any atom is -0.344 e. The van der Waals surface area contributed by atoms with Crippen LogP contribution in [0.3, 0.4) is 0 Å². The molecule has 0 spiro atoms. The normalized spacial score (nSPS) is 25.3. The van der Waals surface area contributed by atoms with Crippen molar-refractivity contribution in [1.82, 2.24) is 4.90 Å². The summed E-state index contributed by atoms with van der Waals surface area (Å²) in [5, 5.41) is 0. The molecule has 10 heavy (non-hydrogen) atoms. The minimum atomic E-state index is 0. The third kappa shape index (κ3) is 2.54. The van der Waals surface area contributed by atoms with Gasteiger partial charge < -0.3 is 10.6 Å². The Labute approximate surface area is 67.0 Å². The van der Waals surface area contributed by atoms with Crippen molar-refractivity contribution in [2.45, 2.75) is 18.9 Å². The van der Waals surface area contributed by atoms with E-state index in [-0.39, 0.29) is 18.4 Å². The Morgan fingerprint density at radius 3 is 2.70 bits per heavy atom. The zero-order chi connectivity index (χ0) is 6.69. The Balaban J connectivity index is 0.000000810. The van der Waals surface area contributed by atoms with E-state index in [0.717, 1.165) is 32.3 Å². The van der Waals surface area contributed by atoms with Crippen molar-refractivity contribution in [1.29, 1.82) is 0 Å². The van der Waals surface area contributed by atoms with Crippen LogP contribution < -0.4 is 5.73 Å². The number of piperidine rings is 1. The van der Waals surface area contributed by atoms with E-state index >= 15 is 0 Å². The van der Waals surface area contributed by atoms with Gasteiger partial charge in [0, 0.05) is 19.1 Å². The number of rotatable bonds is 1. The predicted octanol–water partition coefficient (Wildman–Crippen LogP) is -0.0123. The average Bonchev–Trinajstić information content (AvgIpc) is 1.88. The van der Waals surface area contributed by atoms with E-state index in [1.165, 1.54) is 0 Å². The molecule has 1 aliphatic rings. The van der Waals surface area contributed by atoms with E-state index in [1.54, 1.807) is 4.90 Å². The summed E-state index contributed by atoms with van der Waals surface area (Å²) in [6, 6.07) is 0.212. The summed E-state index contributed by atoms with van der Waals surface area (Å²) in [4.78, 5) is 11.9. The van der Waals surface area contributed by atoms with Crippen LogP contribution in [0.2, 0.25) is 0 Å². The second kappa shape index (κ2) is 4.52. The molecule has 0 aliphatic carbocycles. The molecule has 1 fully saturated rings. The fourth-order valence-electron chi connectivity index (χ4n) is 1.14. The van der Waals surface area contributed by atoms with Crippen molar-refractivity contribution >= 4 is 18.8 Å². The van der Waals surface area contributed by atoms with Gasteiger partial charge in [-0.15, -0.1) is 12.4 Å². The molecule has 1 atom stereocenters. The van der Waals surface area contributed by atoms with Crippen molar-refractivity contribution in [3.05, 3.63) is 0 Å². The summed E-state index contributed by atoms with van der Waals surface area (Å²) >= 11 is 0. The van der Waals surface area contributed by atoms with Crippen molar-refractivity contribution in [2.24, 2.45) is 5.73 Å². The first-order valence-corrected chi connectivity index (χ1v) is 3.28. The van der Waals surface area contributed by atoms with Crippen LogP contribution in [-0.4, -0.2) is 30.4 Å². The van der Waals surface area contributed by atoms with Gasteiger partial charge in [0.1, 0.15) is 0 Å². The molecule has 0 aromatic heterocycles. The van der Waals surface area contributed by atoms with Crippen LogP contribution in [0.15, 0.2) is 0 Å². The van der Waals surface area contributed by atoms with Gasteiger partial charge in [-0.2, -0.15) is 0 Å². The van der Waals surface area contributed by atoms with Crippen LogP contribution in [0.5, 0.6) is 0 Å². The number of nitrogens with zero attached hydrogens (tertiary/aromatic N) is 1. The molecule has 1 aliphatic heterocycles. The van der Waals surface area contributed by atoms with Crippen molar-refractivity contribution in [2.75, 3.05) is 13.1 Å². The first-order chi connectivity index (χ1) is 4.33. The Bertz CT molecular complexity index is 110. The lowest BCUT2D eigenvalue weighted by Gasteiger charge is -2.26. The maximum Gasteiger partial charge on any atom is 0.209 e.